The Balaban J connectivity index is 1.71. The fraction of sp³-hybridized carbons (Fsp3) is 0.867. The van der Waals surface area contributed by atoms with Crippen molar-refractivity contribution in [1.82, 2.24) is 0 Å². The summed E-state index contributed by atoms with van der Waals surface area (Å²) < 4.78 is 0. The standard InChI is InChI=1S/C30H48O5/c1-17(9-10-23(34)27(4,5)35)18-11-14-29(7)25-19(31)15-21-26(2,3)22(33)12-13-28(21,6)24(25)20(32)16-30(18,29)8/h17-18,21-23,33-35H,9-16H2,1-8H3/t17-,18-,21+,22+,23?,28+,29+,30-/m1/s1. The second kappa shape index (κ2) is 8.23. The molecule has 0 radical (unpaired) electrons. The number of carbonyl (C=O) groups is 2. The highest BCUT2D eigenvalue weighted by Crippen LogP contribution is 2.71. The van der Waals surface area contributed by atoms with E-state index in [2.05, 4.69) is 41.5 Å². The molecular weight excluding hydrogens is 440 g/mol. The van der Waals surface area contributed by atoms with Gasteiger partial charge in [0.05, 0.1) is 17.8 Å². The van der Waals surface area contributed by atoms with Crippen LogP contribution in [-0.2, 0) is 9.59 Å². The Morgan fingerprint density at radius 1 is 0.971 bits per heavy atom. The molecule has 2 saturated carbocycles. The molecule has 5 nitrogen and oxygen atoms in total. The third-order valence-corrected chi connectivity index (χ3v) is 11.7. The van der Waals surface area contributed by atoms with Gasteiger partial charge in [-0.2, -0.15) is 0 Å². The van der Waals surface area contributed by atoms with E-state index in [1.807, 2.05) is 0 Å². The number of carbonyl (C=O) groups excluding carboxylic acids is 2. The number of aliphatic hydroxyl groups is 3. The van der Waals surface area contributed by atoms with Crippen LogP contribution in [0.1, 0.15) is 107 Å². The number of allylic oxidation sites excluding steroid dienone is 2. The number of rotatable bonds is 5. The van der Waals surface area contributed by atoms with Crippen LogP contribution in [0.5, 0.6) is 0 Å². The van der Waals surface area contributed by atoms with E-state index in [1.165, 1.54) is 0 Å². The van der Waals surface area contributed by atoms with Gasteiger partial charge in [0.1, 0.15) is 0 Å². The van der Waals surface area contributed by atoms with Gasteiger partial charge in [0, 0.05) is 34.8 Å². The van der Waals surface area contributed by atoms with Crippen LogP contribution < -0.4 is 0 Å². The van der Waals surface area contributed by atoms with Gasteiger partial charge in [-0.3, -0.25) is 9.59 Å². The minimum atomic E-state index is -1.13. The zero-order chi connectivity index (χ0) is 26.4. The lowest BCUT2D eigenvalue weighted by atomic mass is 9.43. The normalized spacial score (nSPS) is 42.9. The molecule has 4 rings (SSSR count). The van der Waals surface area contributed by atoms with Crippen molar-refractivity contribution in [3.8, 4) is 0 Å². The molecule has 4 aliphatic rings. The van der Waals surface area contributed by atoms with Gasteiger partial charge in [-0.05, 0) is 81.0 Å². The Hall–Kier alpha value is -1.04. The fourth-order valence-electron chi connectivity index (χ4n) is 9.08. The summed E-state index contributed by atoms with van der Waals surface area (Å²) in [6.45, 7) is 16.3. The SMILES string of the molecule is C[C@H](CCC(O)C(C)(C)O)[C@H]1CC[C@@]2(C)C3=C(C(=O)C[C@]12C)[C@@]1(C)CC[C@H](O)C(C)(C)[C@@H]1CC3=O. The molecule has 3 N–H and O–H groups in total. The van der Waals surface area contributed by atoms with E-state index in [1.54, 1.807) is 13.8 Å². The molecule has 1 unspecified atom stereocenters. The molecule has 0 saturated heterocycles. The Morgan fingerprint density at radius 3 is 2.20 bits per heavy atom. The number of aliphatic hydroxyl groups excluding tert-OH is 2. The van der Waals surface area contributed by atoms with E-state index in [-0.39, 0.29) is 45.6 Å². The van der Waals surface area contributed by atoms with Crippen LogP contribution in [-0.4, -0.2) is 44.7 Å². The van der Waals surface area contributed by atoms with Crippen LogP contribution in [0, 0.1) is 39.4 Å². The van der Waals surface area contributed by atoms with Gasteiger partial charge < -0.3 is 15.3 Å². The molecule has 0 spiro atoms. The maximum absolute atomic E-state index is 14.0. The zero-order valence-electron chi connectivity index (χ0n) is 23.2. The lowest BCUT2D eigenvalue weighted by Crippen LogP contribution is -2.59. The van der Waals surface area contributed by atoms with Gasteiger partial charge in [-0.1, -0.05) is 41.5 Å². The van der Waals surface area contributed by atoms with Crippen LogP contribution in [0.3, 0.4) is 0 Å². The van der Waals surface area contributed by atoms with E-state index in [4.69, 9.17) is 0 Å². The molecule has 8 atom stereocenters. The van der Waals surface area contributed by atoms with E-state index in [9.17, 15) is 24.9 Å². The monoisotopic (exact) mass is 488 g/mol. The average molecular weight is 489 g/mol. The van der Waals surface area contributed by atoms with Crippen LogP contribution in [0.4, 0.5) is 0 Å². The summed E-state index contributed by atoms with van der Waals surface area (Å²) in [6.07, 6.45) is 4.22. The molecule has 0 aromatic rings. The Bertz CT molecular complexity index is 941. The van der Waals surface area contributed by atoms with E-state index in [0.717, 1.165) is 36.8 Å². The Labute approximate surface area is 211 Å². The van der Waals surface area contributed by atoms with Gasteiger partial charge >= 0.3 is 0 Å². The van der Waals surface area contributed by atoms with Gasteiger partial charge in [0.15, 0.2) is 11.6 Å². The lowest BCUT2D eigenvalue weighted by Gasteiger charge is -2.60. The molecule has 0 heterocycles. The quantitative estimate of drug-likeness (QED) is 0.506. The highest BCUT2D eigenvalue weighted by atomic mass is 16.3. The molecule has 4 aliphatic carbocycles. The number of hydrogen-bond donors (Lipinski definition) is 3. The minimum absolute atomic E-state index is 0.0265. The topological polar surface area (TPSA) is 94.8 Å². The predicted octanol–water partition coefficient (Wildman–Crippen LogP) is 5.00. The lowest BCUT2D eigenvalue weighted by molar-refractivity contribution is -0.141. The second-order valence-electron chi connectivity index (χ2n) is 14.4. The molecule has 0 aromatic carbocycles. The van der Waals surface area contributed by atoms with Crippen molar-refractivity contribution < 1.29 is 24.9 Å². The highest BCUT2D eigenvalue weighted by Gasteiger charge is 2.67. The van der Waals surface area contributed by atoms with Gasteiger partial charge in [-0.15, -0.1) is 0 Å². The van der Waals surface area contributed by atoms with Crippen LogP contribution in [0.2, 0.25) is 0 Å². The maximum Gasteiger partial charge on any atom is 0.160 e. The molecule has 0 amide bonds. The summed E-state index contributed by atoms with van der Waals surface area (Å²) in [7, 11) is 0. The first-order valence-corrected chi connectivity index (χ1v) is 13.8. The molecule has 198 valence electrons. The molecular formula is C30H48O5. The third-order valence-electron chi connectivity index (χ3n) is 11.7. The van der Waals surface area contributed by atoms with Crippen molar-refractivity contribution in [3.63, 3.8) is 0 Å². The van der Waals surface area contributed by atoms with Crippen molar-refractivity contribution in [1.29, 1.82) is 0 Å². The van der Waals surface area contributed by atoms with Crippen molar-refractivity contribution in [2.75, 3.05) is 0 Å². The van der Waals surface area contributed by atoms with Crippen molar-refractivity contribution in [2.24, 2.45) is 39.4 Å². The van der Waals surface area contributed by atoms with Gasteiger partial charge in [0.25, 0.3) is 0 Å². The van der Waals surface area contributed by atoms with E-state index in [0.29, 0.717) is 25.7 Å². The summed E-state index contributed by atoms with van der Waals surface area (Å²) in [4.78, 5) is 27.9. The predicted molar refractivity (Wildman–Crippen MR) is 137 cm³/mol. The first-order valence-electron chi connectivity index (χ1n) is 13.8. The molecule has 0 bridgehead atoms. The maximum atomic E-state index is 14.0. The Kier molecular flexibility index (Phi) is 6.35. The summed E-state index contributed by atoms with van der Waals surface area (Å²) in [5.74, 6) is 0.795. The average Bonchev–Trinajstić information content (AvgIpc) is 3.01. The van der Waals surface area contributed by atoms with Crippen LogP contribution in [0.25, 0.3) is 0 Å². The van der Waals surface area contributed by atoms with E-state index >= 15 is 0 Å². The second-order valence-corrected chi connectivity index (χ2v) is 14.4. The summed E-state index contributed by atoms with van der Waals surface area (Å²) in [5.41, 5.74) is -0.931. The summed E-state index contributed by atoms with van der Waals surface area (Å²) in [6, 6.07) is 0. The third kappa shape index (κ3) is 3.74. The molecule has 0 aliphatic heterocycles. The van der Waals surface area contributed by atoms with Gasteiger partial charge in [-0.25, -0.2) is 0 Å². The van der Waals surface area contributed by atoms with Crippen LogP contribution in [0.15, 0.2) is 11.1 Å². The molecule has 2 fully saturated rings. The number of fused-ring (bicyclic) bond motifs is 4. The molecule has 5 heteroatoms. The van der Waals surface area contributed by atoms with E-state index < -0.39 is 23.2 Å². The number of ketones is 2. The van der Waals surface area contributed by atoms with Crippen molar-refractivity contribution in [3.05, 3.63) is 11.1 Å². The van der Waals surface area contributed by atoms with Gasteiger partial charge in [0.2, 0.25) is 0 Å². The smallest absolute Gasteiger partial charge is 0.160 e. The fourth-order valence-corrected chi connectivity index (χ4v) is 9.08. The minimum Gasteiger partial charge on any atom is -0.393 e. The molecule has 0 aromatic heterocycles. The largest absolute Gasteiger partial charge is 0.393 e. The number of hydrogen-bond acceptors (Lipinski definition) is 5. The summed E-state index contributed by atoms with van der Waals surface area (Å²) in [5, 5.41) is 31.3. The highest BCUT2D eigenvalue weighted by molar-refractivity contribution is 6.11. The Morgan fingerprint density at radius 2 is 1.60 bits per heavy atom. The van der Waals surface area contributed by atoms with Crippen LogP contribution >= 0.6 is 0 Å². The summed E-state index contributed by atoms with van der Waals surface area (Å²) >= 11 is 0. The first-order chi connectivity index (χ1) is 15.9. The first kappa shape index (κ1) is 27.0. The zero-order valence-corrected chi connectivity index (χ0v) is 23.2. The molecule has 35 heavy (non-hydrogen) atoms. The van der Waals surface area contributed by atoms with Crippen molar-refractivity contribution in [2.45, 2.75) is 125 Å². The number of Topliss-reactive ketones (excluding diaryl/α,β-unsaturated/α-hetero) is 2. The van der Waals surface area contributed by atoms with Crippen molar-refractivity contribution >= 4 is 11.6 Å².